The minimum Gasteiger partial charge on any atom is -0.508 e. The van der Waals surface area contributed by atoms with Crippen molar-refractivity contribution in [1.29, 1.82) is 0 Å². The normalized spacial score (nSPS) is 16.8. The van der Waals surface area contributed by atoms with Crippen molar-refractivity contribution < 1.29 is 10.2 Å². The molecule has 0 radical (unpaired) electrons. The van der Waals surface area contributed by atoms with Crippen LogP contribution in [0.15, 0.2) is 93.9 Å². The summed E-state index contributed by atoms with van der Waals surface area (Å²) >= 11 is 7.32. The number of rotatable bonds is 2. The number of nitrogens with one attached hydrogen (secondary N) is 2. The number of phenolic OH excluding ortho intramolecular Hbond substituents is 2. The summed E-state index contributed by atoms with van der Waals surface area (Å²) < 4.78 is 1.97. The van der Waals surface area contributed by atoms with Gasteiger partial charge in [-0.15, -0.1) is 0 Å². The Hall–Kier alpha value is -3.48. The van der Waals surface area contributed by atoms with Gasteiger partial charge in [0.1, 0.15) is 11.5 Å². The van der Waals surface area contributed by atoms with Gasteiger partial charge in [-0.3, -0.25) is 0 Å². The van der Waals surface area contributed by atoms with Crippen LogP contribution in [0.1, 0.15) is 45.5 Å². The predicted molar refractivity (Wildman–Crippen MR) is 150 cm³/mol. The summed E-state index contributed by atoms with van der Waals surface area (Å²) in [5.41, 5.74) is 7.93. The molecule has 0 spiro atoms. The first-order valence-corrected chi connectivity index (χ1v) is 13.3. The number of aromatic nitrogens is 2. The minimum atomic E-state index is -0.229. The molecule has 0 bridgehead atoms. The average molecular weight is 600 g/mol. The highest BCUT2D eigenvalue weighted by molar-refractivity contribution is 9.10. The highest BCUT2D eigenvalue weighted by Crippen LogP contribution is 2.55. The van der Waals surface area contributed by atoms with Crippen LogP contribution >= 0.6 is 31.9 Å². The average Bonchev–Trinajstić information content (AvgIpc) is 3.42. The number of halogens is 2. The molecule has 2 atom stereocenters. The van der Waals surface area contributed by atoms with Gasteiger partial charge in [-0.2, -0.15) is 0 Å². The molecule has 0 saturated carbocycles. The summed E-state index contributed by atoms with van der Waals surface area (Å²) in [4.78, 5) is 7.42. The maximum Gasteiger partial charge on any atom is 0.119 e. The van der Waals surface area contributed by atoms with E-state index in [1.807, 2.05) is 48.5 Å². The number of phenols is 2. The molecule has 2 aromatic heterocycles. The van der Waals surface area contributed by atoms with Crippen molar-refractivity contribution in [3.05, 3.63) is 128 Å². The molecule has 2 heterocycles. The third kappa shape index (κ3) is 3.11. The molecule has 7 rings (SSSR count). The number of aromatic amines is 2. The molecule has 1 aliphatic carbocycles. The second-order valence-electron chi connectivity index (χ2n) is 9.27. The lowest BCUT2D eigenvalue weighted by atomic mass is 9.72. The fourth-order valence-electron chi connectivity index (χ4n) is 5.86. The number of para-hydroxylation sites is 2. The SMILES string of the molecule is Oc1ccccc1C1c2[nH]c3ccc(Br)cc3c2C(c2ccccc2O)c2[nH]c3ccc(Br)cc3c21. The molecule has 176 valence electrons. The maximum atomic E-state index is 11.0. The third-order valence-electron chi connectivity index (χ3n) is 7.31. The molecule has 6 aromatic rings. The monoisotopic (exact) mass is 598 g/mol. The van der Waals surface area contributed by atoms with E-state index in [9.17, 15) is 10.2 Å². The Labute approximate surface area is 223 Å². The van der Waals surface area contributed by atoms with Crippen molar-refractivity contribution >= 4 is 53.7 Å². The molecule has 0 saturated heterocycles. The minimum absolute atomic E-state index is 0.229. The quantitative estimate of drug-likeness (QED) is 0.161. The van der Waals surface area contributed by atoms with Gasteiger partial charge < -0.3 is 20.2 Å². The van der Waals surface area contributed by atoms with Crippen molar-refractivity contribution in [2.75, 3.05) is 0 Å². The van der Waals surface area contributed by atoms with E-state index >= 15 is 0 Å². The Morgan fingerprint density at radius 2 is 0.972 bits per heavy atom. The van der Waals surface area contributed by atoms with Gasteiger partial charge in [-0.1, -0.05) is 68.3 Å². The predicted octanol–water partition coefficient (Wildman–Crippen LogP) is 8.26. The van der Waals surface area contributed by atoms with Gasteiger partial charge >= 0.3 is 0 Å². The summed E-state index contributed by atoms with van der Waals surface area (Å²) in [5.74, 6) is 0.0502. The number of hydrogen-bond donors (Lipinski definition) is 4. The van der Waals surface area contributed by atoms with Crippen LogP contribution in [0.2, 0.25) is 0 Å². The van der Waals surface area contributed by atoms with Crippen LogP contribution in [0.25, 0.3) is 21.8 Å². The Morgan fingerprint density at radius 1 is 0.556 bits per heavy atom. The third-order valence-corrected chi connectivity index (χ3v) is 8.30. The first kappa shape index (κ1) is 21.8. The standard InChI is InChI=1S/C30H20Br2N2O2/c31-15-9-11-21-19(13-15)27-25(17-5-1-3-7-23(17)35)29-28(20-14-16(32)10-12-22(20)33-29)26(30(27)34-21)18-6-2-4-8-24(18)36/h1-14,25-26,33-36H. The van der Waals surface area contributed by atoms with E-state index in [1.165, 1.54) is 0 Å². The first-order valence-electron chi connectivity index (χ1n) is 11.7. The highest BCUT2D eigenvalue weighted by atomic mass is 79.9. The summed E-state index contributed by atoms with van der Waals surface area (Å²) in [6, 6.07) is 27.6. The van der Waals surface area contributed by atoms with Crippen molar-refractivity contribution in [1.82, 2.24) is 9.97 Å². The molecule has 0 amide bonds. The van der Waals surface area contributed by atoms with E-state index in [0.29, 0.717) is 0 Å². The van der Waals surface area contributed by atoms with Crippen molar-refractivity contribution in [2.45, 2.75) is 11.8 Å². The summed E-state index contributed by atoms with van der Waals surface area (Å²) in [6.07, 6.45) is 0. The summed E-state index contributed by atoms with van der Waals surface area (Å²) in [5, 5.41) is 24.3. The topological polar surface area (TPSA) is 72.0 Å². The van der Waals surface area contributed by atoms with Gasteiger partial charge in [-0.25, -0.2) is 0 Å². The first-order chi connectivity index (χ1) is 17.5. The van der Waals surface area contributed by atoms with Crippen LogP contribution in [0.3, 0.4) is 0 Å². The zero-order valence-corrected chi connectivity index (χ0v) is 22.1. The largest absolute Gasteiger partial charge is 0.508 e. The van der Waals surface area contributed by atoms with Crippen molar-refractivity contribution in [2.24, 2.45) is 0 Å². The Bertz CT molecular complexity index is 1680. The number of hydrogen-bond acceptors (Lipinski definition) is 2. The van der Waals surface area contributed by atoms with Crippen LogP contribution in [0.4, 0.5) is 0 Å². The molecule has 4 N–H and O–H groups in total. The van der Waals surface area contributed by atoms with Gasteiger partial charge in [-0.05, 0) is 59.7 Å². The molecule has 4 aromatic carbocycles. The Morgan fingerprint density at radius 3 is 1.39 bits per heavy atom. The van der Waals surface area contributed by atoms with E-state index < -0.39 is 0 Å². The van der Waals surface area contributed by atoms with Gasteiger partial charge in [0.25, 0.3) is 0 Å². The number of aromatic hydroxyl groups is 2. The van der Waals surface area contributed by atoms with E-state index in [2.05, 4.69) is 66.1 Å². The van der Waals surface area contributed by atoms with Crippen LogP contribution < -0.4 is 0 Å². The molecular formula is C30H20Br2N2O2. The lowest BCUT2D eigenvalue weighted by Crippen LogP contribution is -2.19. The summed E-state index contributed by atoms with van der Waals surface area (Å²) in [6.45, 7) is 0. The second-order valence-corrected chi connectivity index (χ2v) is 11.1. The molecular weight excluding hydrogens is 580 g/mol. The van der Waals surface area contributed by atoms with E-state index in [-0.39, 0.29) is 23.3 Å². The molecule has 36 heavy (non-hydrogen) atoms. The number of fused-ring (bicyclic) bond motifs is 6. The van der Waals surface area contributed by atoms with E-state index in [0.717, 1.165) is 64.4 Å². The van der Waals surface area contributed by atoms with E-state index in [1.54, 1.807) is 12.1 Å². The molecule has 0 fully saturated rings. The maximum absolute atomic E-state index is 11.0. The van der Waals surface area contributed by atoms with Gasteiger partial charge in [0.2, 0.25) is 0 Å². The fourth-order valence-corrected chi connectivity index (χ4v) is 6.59. The van der Waals surface area contributed by atoms with Gasteiger partial charge in [0, 0.05) is 53.3 Å². The van der Waals surface area contributed by atoms with Crippen molar-refractivity contribution in [3.8, 4) is 11.5 Å². The van der Waals surface area contributed by atoms with E-state index in [4.69, 9.17) is 0 Å². The lowest BCUT2D eigenvalue weighted by Gasteiger charge is -2.31. The summed E-state index contributed by atoms with van der Waals surface area (Å²) in [7, 11) is 0. The zero-order valence-electron chi connectivity index (χ0n) is 18.9. The van der Waals surface area contributed by atoms with Gasteiger partial charge in [0.15, 0.2) is 0 Å². The second kappa shape index (κ2) is 8.02. The lowest BCUT2D eigenvalue weighted by molar-refractivity contribution is 0.463. The Kier molecular flexibility index (Phi) is 4.85. The van der Waals surface area contributed by atoms with Crippen LogP contribution in [0, 0.1) is 0 Å². The molecule has 4 nitrogen and oxygen atoms in total. The molecule has 0 aliphatic heterocycles. The molecule has 2 unspecified atom stereocenters. The highest BCUT2D eigenvalue weighted by Gasteiger charge is 2.41. The molecule has 6 heteroatoms. The fraction of sp³-hybridized carbons (Fsp3) is 0.0667. The van der Waals surface area contributed by atoms with Crippen LogP contribution in [-0.4, -0.2) is 20.2 Å². The van der Waals surface area contributed by atoms with Gasteiger partial charge in [0.05, 0.1) is 11.8 Å². The Balaban J connectivity index is 1.67. The smallest absolute Gasteiger partial charge is 0.119 e. The van der Waals surface area contributed by atoms with Crippen molar-refractivity contribution in [3.63, 3.8) is 0 Å². The zero-order chi connectivity index (χ0) is 24.6. The number of H-pyrrole nitrogens is 2. The van der Waals surface area contributed by atoms with Crippen LogP contribution in [0.5, 0.6) is 11.5 Å². The number of benzene rings is 4. The van der Waals surface area contributed by atoms with Crippen LogP contribution in [-0.2, 0) is 0 Å². The molecule has 1 aliphatic rings.